The summed E-state index contributed by atoms with van der Waals surface area (Å²) >= 11 is 4.78. The van der Waals surface area contributed by atoms with E-state index >= 15 is 0 Å². The van der Waals surface area contributed by atoms with E-state index in [0.717, 1.165) is 12.1 Å². The summed E-state index contributed by atoms with van der Waals surface area (Å²) in [6.45, 7) is 3.61. The van der Waals surface area contributed by atoms with Crippen molar-refractivity contribution in [2.45, 2.75) is 18.4 Å². The van der Waals surface area contributed by atoms with Crippen molar-refractivity contribution in [1.82, 2.24) is 5.32 Å². The number of benzene rings is 1. The highest BCUT2D eigenvalue weighted by Gasteiger charge is 2.18. The zero-order chi connectivity index (χ0) is 14.6. The second kappa shape index (κ2) is 6.71. The molecule has 2 aromatic rings. The number of anilines is 1. The van der Waals surface area contributed by atoms with Crippen LogP contribution in [-0.2, 0) is 16.6 Å². The number of thiophene rings is 1. The minimum absolute atomic E-state index is 0.240. The highest BCUT2D eigenvalue weighted by Crippen LogP contribution is 2.26. The van der Waals surface area contributed by atoms with E-state index in [2.05, 4.69) is 26.0 Å². The zero-order valence-corrected chi connectivity index (χ0v) is 14.1. The van der Waals surface area contributed by atoms with Crippen molar-refractivity contribution in [1.29, 1.82) is 0 Å². The number of hydrogen-bond acceptors (Lipinski definition) is 4. The lowest BCUT2D eigenvalue weighted by Gasteiger charge is -2.10. The molecule has 0 spiro atoms. The van der Waals surface area contributed by atoms with Crippen molar-refractivity contribution in [3.8, 4) is 0 Å². The Morgan fingerprint density at radius 3 is 2.70 bits per heavy atom. The third kappa shape index (κ3) is 3.82. The molecule has 0 aliphatic rings. The molecular weight excluding hydrogens is 360 g/mol. The lowest BCUT2D eigenvalue weighted by Crippen LogP contribution is -2.14. The average Bonchev–Trinajstić information content (AvgIpc) is 2.88. The normalized spacial score (nSPS) is 11.5. The van der Waals surface area contributed by atoms with Gasteiger partial charge in [-0.15, -0.1) is 0 Å². The standard InChI is InChI=1S/C13H15BrN2O2S2/c1-2-15-8-10-3-4-13(12(14)7-10)20(17,18)16-11-5-6-19-9-11/h3-7,9,15-16H,2,8H2,1H3. The van der Waals surface area contributed by atoms with Gasteiger partial charge in [-0.3, -0.25) is 4.72 Å². The summed E-state index contributed by atoms with van der Waals surface area (Å²) < 4.78 is 27.7. The highest BCUT2D eigenvalue weighted by atomic mass is 79.9. The Morgan fingerprint density at radius 2 is 2.10 bits per heavy atom. The molecule has 108 valence electrons. The summed E-state index contributed by atoms with van der Waals surface area (Å²) in [4.78, 5) is 0.240. The molecule has 2 N–H and O–H groups in total. The van der Waals surface area contributed by atoms with E-state index < -0.39 is 10.0 Å². The molecule has 0 bridgehead atoms. The molecule has 0 unspecified atom stereocenters. The van der Waals surface area contributed by atoms with Crippen LogP contribution in [0.2, 0.25) is 0 Å². The van der Waals surface area contributed by atoms with Gasteiger partial charge in [0, 0.05) is 16.4 Å². The molecule has 0 radical (unpaired) electrons. The van der Waals surface area contributed by atoms with Crippen molar-refractivity contribution in [2.75, 3.05) is 11.3 Å². The molecule has 0 saturated heterocycles. The van der Waals surface area contributed by atoms with Crippen molar-refractivity contribution in [3.05, 3.63) is 45.1 Å². The number of rotatable bonds is 6. The Morgan fingerprint density at radius 1 is 1.30 bits per heavy atom. The van der Waals surface area contributed by atoms with Crippen LogP contribution in [0.15, 0.2) is 44.4 Å². The summed E-state index contributed by atoms with van der Waals surface area (Å²) in [5.41, 5.74) is 1.62. The zero-order valence-electron chi connectivity index (χ0n) is 10.9. The maximum Gasteiger partial charge on any atom is 0.263 e. The van der Waals surface area contributed by atoms with Crippen LogP contribution in [0.5, 0.6) is 0 Å². The fraction of sp³-hybridized carbons (Fsp3) is 0.231. The molecule has 0 amide bonds. The van der Waals surface area contributed by atoms with Crippen LogP contribution in [0, 0.1) is 0 Å². The van der Waals surface area contributed by atoms with Gasteiger partial charge in [-0.25, -0.2) is 8.42 Å². The Labute approximate surface area is 131 Å². The van der Waals surface area contributed by atoms with Crippen LogP contribution in [0.4, 0.5) is 5.69 Å². The van der Waals surface area contributed by atoms with E-state index in [0.29, 0.717) is 16.7 Å². The molecular formula is C13H15BrN2O2S2. The predicted octanol–water partition coefficient (Wildman–Crippen LogP) is 3.42. The van der Waals surface area contributed by atoms with Gasteiger partial charge in [-0.05, 0) is 51.6 Å². The maximum atomic E-state index is 12.3. The molecule has 0 fully saturated rings. The first-order chi connectivity index (χ1) is 9.53. The smallest absolute Gasteiger partial charge is 0.263 e. The van der Waals surface area contributed by atoms with E-state index in [1.807, 2.05) is 24.4 Å². The van der Waals surface area contributed by atoms with Gasteiger partial charge in [0.05, 0.1) is 5.69 Å². The summed E-state index contributed by atoms with van der Waals surface area (Å²) in [5, 5.41) is 6.78. The first-order valence-corrected chi connectivity index (χ1v) is 9.29. The van der Waals surface area contributed by atoms with Crippen LogP contribution in [0.3, 0.4) is 0 Å². The van der Waals surface area contributed by atoms with Gasteiger partial charge in [0.2, 0.25) is 0 Å². The van der Waals surface area contributed by atoms with Crippen LogP contribution < -0.4 is 10.0 Å². The summed E-state index contributed by atoms with van der Waals surface area (Å²) in [5.74, 6) is 0. The Balaban J connectivity index is 2.23. The number of sulfonamides is 1. The third-order valence-electron chi connectivity index (χ3n) is 2.64. The first-order valence-electron chi connectivity index (χ1n) is 6.07. The molecule has 2 rings (SSSR count). The Kier molecular flexibility index (Phi) is 5.20. The van der Waals surface area contributed by atoms with Crippen molar-refractivity contribution >= 4 is 43.0 Å². The fourth-order valence-electron chi connectivity index (χ4n) is 1.67. The van der Waals surface area contributed by atoms with Crippen molar-refractivity contribution in [3.63, 3.8) is 0 Å². The SMILES string of the molecule is CCNCc1ccc(S(=O)(=O)Nc2ccsc2)c(Br)c1. The van der Waals surface area contributed by atoms with E-state index in [9.17, 15) is 8.42 Å². The van der Waals surface area contributed by atoms with E-state index in [-0.39, 0.29) is 4.90 Å². The molecule has 0 aliphatic heterocycles. The van der Waals surface area contributed by atoms with Gasteiger partial charge in [0.25, 0.3) is 10.0 Å². The summed E-state index contributed by atoms with van der Waals surface area (Å²) in [6, 6.07) is 6.99. The quantitative estimate of drug-likeness (QED) is 0.814. The van der Waals surface area contributed by atoms with E-state index in [1.165, 1.54) is 11.3 Å². The lowest BCUT2D eigenvalue weighted by atomic mass is 10.2. The minimum atomic E-state index is -3.56. The molecule has 20 heavy (non-hydrogen) atoms. The second-order valence-corrected chi connectivity index (χ2v) is 7.45. The minimum Gasteiger partial charge on any atom is -0.313 e. The monoisotopic (exact) mass is 374 g/mol. The van der Waals surface area contributed by atoms with Crippen molar-refractivity contribution in [2.24, 2.45) is 0 Å². The van der Waals surface area contributed by atoms with Crippen LogP contribution in [-0.4, -0.2) is 15.0 Å². The predicted molar refractivity (Wildman–Crippen MR) is 86.7 cm³/mol. The highest BCUT2D eigenvalue weighted by molar-refractivity contribution is 9.10. The summed E-state index contributed by atoms with van der Waals surface area (Å²) in [7, 11) is -3.56. The molecule has 1 aromatic carbocycles. The number of halogens is 1. The van der Waals surface area contributed by atoms with Crippen LogP contribution >= 0.6 is 27.3 Å². The molecule has 1 aromatic heterocycles. The van der Waals surface area contributed by atoms with Gasteiger partial charge in [-0.1, -0.05) is 13.0 Å². The van der Waals surface area contributed by atoms with E-state index in [1.54, 1.807) is 17.5 Å². The molecule has 1 heterocycles. The van der Waals surface area contributed by atoms with Gasteiger partial charge in [-0.2, -0.15) is 11.3 Å². The van der Waals surface area contributed by atoms with Gasteiger partial charge >= 0.3 is 0 Å². The largest absolute Gasteiger partial charge is 0.313 e. The molecule has 0 atom stereocenters. The maximum absolute atomic E-state index is 12.3. The van der Waals surface area contributed by atoms with E-state index in [4.69, 9.17) is 0 Å². The topological polar surface area (TPSA) is 58.2 Å². The molecule has 7 heteroatoms. The molecule has 0 saturated carbocycles. The Hall–Kier alpha value is -0.890. The average molecular weight is 375 g/mol. The number of hydrogen-bond donors (Lipinski definition) is 2. The van der Waals surface area contributed by atoms with Gasteiger partial charge in [0.15, 0.2) is 0 Å². The van der Waals surface area contributed by atoms with Crippen LogP contribution in [0.25, 0.3) is 0 Å². The Bertz CT molecular complexity index is 670. The second-order valence-electron chi connectivity index (χ2n) is 4.16. The van der Waals surface area contributed by atoms with Crippen LogP contribution in [0.1, 0.15) is 12.5 Å². The lowest BCUT2D eigenvalue weighted by molar-refractivity contribution is 0.600. The number of nitrogens with one attached hydrogen (secondary N) is 2. The third-order valence-corrected chi connectivity index (χ3v) is 5.68. The fourth-order valence-corrected chi connectivity index (χ4v) is 4.51. The van der Waals surface area contributed by atoms with Crippen molar-refractivity contribution < 1.29 is 8.42 Å². The molecule has 4 nitrogen and oxygen atoms in total. The molecule has 0 aliphatic carbocycles. The van der Waals surface area contributed by atoms with Gasteiger partial charge in [0.1, 0.15) is 4.90 Å². The van der Waals surface area contributed by atoms with Gasteiger partial charge < -0.3 is 5.32 Å². The summed E-state index contributed by atoms with van der Waals surface area (Å²) in [6.07, 6.45) is 0. The first kappa shape index (κ1) is 15.5.